The minimum Gasteiger partial charge on any atom is -0.352 e. The van der Waals surface area contributed by atoms with Crippen molar-refractivity contribution in [1.29, 1.82) is 0 Å². The molecule has 0 saturated carbocycles. The molecule has 0 radical (unpaired) electrons. The van der Waals surface area contributed by atoms with Crippen molar-refractivity contribution in [1.82, 2.24) is 9.97 Å². The summed E-state index contributed by atoms with van der Waals surface area (Å²) in [5.41, 5.74) is 3.92. The van der Waals surface area contributed by atoms with Crippen molar-refractivity contribution < 1.29 is 0 Å². The molecule has 3 rings (SSSR count). The molecule has 0 unspecified atom stereocenters. The van der Waals surface area contributed by atoms with E-state index in [2.05, 4.69) is 36.3 Å². The van der Waals surface area contributed by atoms with Crippen LogP contribution in [0.15, 0.2) is 60.8 Å². The van der Waals surface area contributed by atoms with Gasteiger partial charge in [0.15, 0.2) is 0 Å². The lowest BCUT2D eigenvalue weighted by Crippen LogP contribution is -2.13. The lowest BCUT2D eigenvalue weighted by Gasteiger charge is -2.13. The molecular weight excluding hydrogens is 306 g/mol. The van der Waals surface area contributed by atoms with Gasteiger partial charge in [-0.3, -0.25) is 0 Å². The monoisotopic (exact) mass is 323 g/mol. The van der Waals surface area contributed by atoms with E-state index in [0.717, 1.165) is 22.4 Å². The molecule has 0 spiro atoms. The van der Waals surface area contributed by atoms with Crippen LogP contribution in [0.4, 0.5) is 5.95 Å². The largest absolute Gasteiger partial charge is 0.352 e. The Morgan fingerprint density at radius 3 is 2.39 bits per heavy atom. The Morgan fingerprint density at radius 1 is 0.957 bits per heavy atom. The minimum absolute atomic E-state index is 0.274. The molecule has 3 nitrogen and oxygen atoms in total. The van der Waals surface area contributed by atoms with E-state index in [1.807, 2.05) is 48.7 Å². The van der Waals surface area contributed by atoms with Gasteiger partial charge < -0.3 is 5.32 Å². The summed E-state index contributed by atoms with van der Waals surface area (Å²) in [4.78, 5) is 9.17. The molecule has 0 fully saturated rings. The first-order chi connectivity index (χ1) is 11.1. The van der Waals surface area contributed by atoms with Crippen LogP contribution < -0.4 is 5.32 Å². The fourth-order valence-corrected chi connectivity index (χ4v) is 2.58. The van der Waals surface area contributed by atoms with Gasteiger partial charge in [0.2, 0.25) is 5.95 Å². The van der Waals surface area contributed by atoms with Crippen molar-refractivity contribution in [3.8, 4) is 22.4 Å². The fourth-order valence-electron chi connectivity index (χ4n) is 2.39. The topological polar surface area (TPSA) is 37.8 Å². The molecule has 1 N–H and O–H groups in total. The van der Waals surface area contributed by atoms with E-state index >= 15 is 0 Å². The molecule has 0 aliphatic rings. The second-order valence-corrected chi connectivity index (χ2v) is 6.07. The number of benzene rings is 2. The molecule has 116 valence electrons. The zero-order valence-corrected chi connectivity index (χ0v) is 13.9. The van der Waals surface area contributed by atoms with Crippen LogP contribution in [0.5, 0.6) is 0 Å². The van der Waals surface area contributed by atoms with Crippen LogP contribution in [0.1, 0.15) is 13.8 Å². The molecule has 0 saturated heterocycles. The number of rotatable bonds is 4. The summed E-state index contributed by atoms with van der Waals surface area (Å²) in [5.74, 6) is 0.629. The van der Waals surface area contributed by atoms with Crippen LogP contribution in [-0.4, -0.2) is 16.0 Å². The van der Waals surface area contributed by atoms with Crippen LogP contribution in [0.2, 0.25) is 5.02 Å². The Morgan fingerprint density at radius 2 is 1.70 bits per heavy atom. The van der Waals surface area contributed by atoms with Crippen molar-refractivity contribution in [2.45, 2.75) is 19.9 Å². The van der Waals surface area contributed by atoms with Gasteiger partial charge in [-0.05, 0) is 31.5 Å². The maximum absolute atomic E-state index is 6.14. The number of nitrogens with zero attached hydrogens (tertiary/aromatic N) is 2. The first kappa shape index (κ1) is 15.5. The first-order valence-electron chi connectivity index (χ1n) is 7.58. The zero-order chi connectivity index (χ0) is 16.2. The molecule has 23 heavy (non-hydrogen) atoms. The average molecular weight is 324 g/mol. The summed E-state index contributed by atoms with van der Waals surface area (Å²) in [6.07, 6.45) is 1.85. The third kappa shape index (κ3) is 3.69. The van der Waals surface area contributed by atoms with Gasteiger partial charge >= 0.3 is 0 Å². The molecule has 1 aromatic heterocycles. The molecule has 0 amide bonds. The number of hydrogen-bond donors (Lipinski definition) is 1. The van der Waals surface area contributed by atoms with Gasteiger partial charge in [0.25, 0.3) is 0 Å². The smallest absolute Gasteiger partial charge is 0.223 e. The number of hydrogen-bond acceptors (Lipinski definition) is 3. The summed E-state index contributed by atoms with van der Waals surface area (Å²) < 4.78 is 0. The lowest BCUT2D eigenvalue weighted by atomic mass is 10.0. The van der Waals surface area contributed by atoms with Crippen molar-refractivity contribution in [3.05, 3.63) is 65.8 Å². The van der Waals surface area contributed by atoms with E-state index in [9.17, 15) is 0 Å². The highest BCUT2D eigenvalue weighted by atomic mass is 35.5. The van der Waals surface area contributed by atoms with Gasteiger partial charge in [0.1, 0.15) is 0 Å². The third-order valence-electron chi connectivity index (χ3n) is 3.39. The molecular formula is C19H18ClN3. The van der Waals surface area contributed by atoms with Crippen molar-refractivity contribution >= 4 is 17.5 Å². The van der Waals surface area contributed by atoms with Gasteiger partial charge in [-0.2, -0.15) is 0 Å². The summed E-state index contributed by atoms with van der Waals surface area (Å²) >= 11 is 6.14. The van der Waals surface area contributed by atoms with E-state index in [-0.39, 0.29) is 6.04 Å². The highest BCUT2D eigenvalue weighted by molar-refractivity contribution is 6.30. The highest BCUT2D eigenvalue weighted by Gasteiger charge is 2.12. The van der Waals surface area contributed by atoms with Crippen molar-refractivity contribution in [2.24, 2.45) is 0 Å². The van der Waals surface area contributed by atoms with E-state index in [1.54, 1.807) is 0 Å². The maximum atomic E-state index is 6.14. The van der Waals surface area contributed by atoms with Gasteiger partial charge in [0.05, 0.1) is 5.69 Å². The summed E-state index contributed by atoms with van der Waals surface area (Å²) in [5, 5.41) is 3.96. The fraction of sp³-hybridized carbons (Fsp3) is 0.158. The standard InChI is InChI=1S/C19H18ClN3/c1-13(2)22-19-21-12-17(15-9-6-10-16(20)11-15)18(23-19)14-7-4-3-5-8-14/h3-13H,1-2H3,(H,21,22,23). The molecule has 0 atom stereocenters. The molecule has 0 aliphatic carbocycles. The summed E-state index contributed by atoms with van der Waals surface area (Å²) in [6, 6.07) is 18.1. The first-order valence-corrected chi connectivity index (χ1v) is 7.96. The summed E-state index contributed by atoms with van der Waals surface area (Å²) in [6.45, 7) is 4.13. The molecule has 0 bridgehead atoms. The second-order valence-electron chi connectivity index (χ2n) is 5.63. The highest BCUT2D eigenvalue weighted by Crippen LogP contribution is 2.31. The van der Waals surface area contributed by atoms with Crippen LogP contribution in [0.25, 0.3) is 22.4 Å². The molecule has 3 aromatic rings. The van der Waals surface area contributed by atoms with E-state index in [1.165, 1.54) is 0 Å². The van der Waals surface area contributed by atoms with Crippen LogP contribution in [0, 0.1) is 0 Å². The Bertz CT molecular complexity index is 801. The molecule has 4 heteroatoms. The van der Waals surface area contributed by atoms with E-state index < -0.39 is 0 Å². The van der Waals surface area contributed by atoms with Crippen LogP contribution in [0.3, 0.4) is 0 Å². The quantitative estimate of drug-likeness (QED) is 0.709. The van der Waals surface area contributed by atoms with Crippen molar-refractivity contribution in [3.63, 3.8) is 0 Å². The Kier molecular flexibility index (Phi) is 4.58. The third-order valence-corrected chi connectivity index (χ3v) is 3.62. The Hall–Kier alpha value is -2.39. The Balaban J connectivity index is 2.15. The van der Waals surface area contributed by atoms with Gasteiger partial charge in [-0.25, -0.2) is 9.97 Å². The van der Waals surface area contributed by atoms with Crippen molar-refractivity contribution in [2.75, 3.05) is 5.32 Å². The molecule has 0 aliphatic heterocycles. The van der Waals surface area contributed by atoms with Crippen LogP contribution in [-0.2, 0) is 0 Å². The Labute approximate surface area is 141 Å². The second kappa shape index (κ2) is 6.80. The van der Waals surface area contributed by atoms with E-state index in [4.69, 9.17) is 16.6 Å². The number of aromatic nitrogens is 2. The molecule has 2 aromatic carbocycles. The van der Waals surface area contributed by atoms with Gasteiger partial charge in [-0.15, -0.1) is 0 Å². The number of nitrogens with one attached hydrogen (secondary N) is 1. The lowest BCUT2D eigenvalue weighted by molar-refractivity contribution is 0.875. The van der Waals surface area contributed by atoms with Gasteiger partial charge in [-0.1, -0.05) is 54.1 Å². The zero-order valence-electron chi connectivity index (χ0n) is 13.1. The summed E-state index contributed by atoms with van der Waals surface area (Å²) in [7, 11) is 0. The SMILES string of the molecule is CC(C)Nc1ncc(-c2cccc(Cl)c2)c(-c2ccccc2)n1. The number of anilines is 1. The normalized spacial score (nSPS) is 10.8. The number of halogens is 1. The molecule has 1 heterocycles. The predicted octanol–water partition coefficient (Wildman–Crippen LogP) is 5.28. The predicted molar refractivity (Wildman–Crippen MR) is 96.7 cm³/mol. The van der Waals surface area contributed by atoms with E-state index in [0.29, 0.717) is 11.0 Å². The average Bonchev–Trinajstić information content (AvgIpc) is 2.55. The maximum Gasteiger partial charge on any atom is 0.223 e. The minimum atomic E-state index is 0.274. The van der Waals surface area contributed by atoms with Crippen LogP contribution >= 0.6 is 11.6 Å². The van der Waals surface area contributed by atoms with Gasteiger partial charge in [0, 0.05) is 28.4 Å².